The van der Waals surface area contributed by atoms with Crippen LogP contribution >= 0.6 is 0 Å². The third-order valence-corrected chi connectivity index (χ3v) is 3.15. The molecule has 0 saturated carbocycles. The Morgan fingerprint density at radius 2 is 2.31 bits per heavy atom. The minimum atomic E-state index is 0.594. The standard InChI is InChI=1S/C12H20N4/c1-9(5-6-13)7-14-12-10-3-2-4-11(10)15-8-16-12/h8-9H,2-7,13H2,1H3,(H,14,15,16). The Morgan fingerprint density at radius 3 is 3.12 bits per heavy atom. The highest BCUT2D eigenvalue weighted by Crippen LogP contribution is 2.25. The van der Waals surface area contributed by atoms with Gasteiger partial charge < -0.3 is 11.1 Å². The predicted molar refractivity (Wildman–Crippen MR) is 65.4 cm³/mol. The normalized spacial score (nSPS) is 15.9. The van der Waals surface area contributed by atoms with Crippen molar-refractivity contribution >= 4 is 5.82 Å². The van der Waals surface area contributed by atoms with Crippen molar-refractivity contribution in [1.82, 2.24) is 9.97 Å². The Bertz CT molecular complexity index is 351. The van der Waals surface area contributed by atoms with E-state index in [2.05, 4.69) is 22.2 Å². The Balaban J connectivity index is 1.97. The topological polar surface area (TPSA) is 63.8 Å². The number of nitrogens with zero attached hydrogens (tertiary/aromatic N) is 2. The summed E-state index contributed by atoms with van der Waals surface area (Å²) in [6.07, 6.45) is 6.15. The van der Waals surface area contributed by atoms with Crippen molar-refractivity contribution in [2.24, 2.45) is 11.7 Å². The zero-order valence-corrected chi connectivity index (χ0v) is 9.87. The molecule has 88 valence electrons. The smallest absolute Gasteiger partial charge is 0.132 e. The Kier molecular flexibility index (Phi) is 3.72. The maximum atomic E-state index is 5.54. The fourth-order valence-electron chi connectivity index (χ4n) is 2.17. The van der Waals surface area contributed by atoms with Crippen LogP contribution in [-0.4, -0.2) is 23.1 Å². The molecule has 4 heteroatoms. The third kappa shape index (κ3) is 2.50. The molecule has 1 aromatic rings. The maximum absolute atomic E-state index is 5.54. The van der Waals surface area contributed by atoms with E-state index in [1.165, 1.54) is 17.7 Å². The van der Waals surface area contributed by atoms with Crippen LogP contribution < -0.4 is 11.1 Å². The number of nitrogens with one attached hydrogen (secondary N) is 1. The van der Waals surface area contributed by atoms with Gasteiger partial charge in [0.25, 0.3) is 0 Å². The van der Waals surface area contributed by atoms with E-state index in [4.69, 9.17) is 5.73 Å². The molecule has 4 nitrogen and oxygen atoms in total. The van der Waals surface area contributed by atoms with E-state index in [9.17, 15) is 0 Å². The molecule has 0 saturated heterocycles. The third-order valence-electron chi connectivity index (χ3n) is 3.15. The zero-order chi connectivity index (χ0) is 11.4. The molecule has 1 aromatic heterocycles. The maximum Gasteiger partial charge on any atom is 0.132 e. The van der Waals surface area contributed by atoms with Gasteiger partial charge in [-0.05, 0) is 38.1 Å². The predicted octanol–water partition coefficient (Wildman–Crippen LogP) is 1.36. The molecule has 0 radical (unpaired) electrons. The van der Waals surface area contributed by atoms with Gasteiger partial charge in [0.15, 0.2) is 0 Å². The highest BCUT2D eigenvalue weighted by molar-refractivity contribution is 5.47. The molecule has 0 bridgehead atoms. The highest BCUT2D eigenvalue weighted by atomic mass is 15.0. The average Bonchev–Trinajstić information content (AvgIpc) is 2.75. The van der Waals surface area contributed by atoms with Crippen molar-refractivity contribution in [3.63, 3.8) is 0 Å². The quantitative estimate of drug-likeness (QED) is 0.786. The molecular weight excluding hydrogens is 200 g/mol. The van der Waals surface area contributed by atoms with Crippen molar-refractivity contribution in [1.29, 1.82) is 0 Å². The van der Waals surface area contributed by atoms with Gasteiger partial charge in [0, 0.05) is 17.8 Å². The van der Waals surface area contributed by atoms with Gasteiger partial charge in [-0.3, -0.25) is 0 Å². The highest BCUT2D eigenvalue weighted by Gasteiger charge is 2.16. The summed E-state index contributed by atoms with van der Waals surface area (Å²) in [4.78, 5) is 8.64. The monoisotopic (exact) mass is 220 g/mol. The molecule has 3 N–H and O–H groups in total. The van der Waals surface area contributed by atoms with Gasteiger partial charge in [-0.15, -0.1) is 0 Å². The van der Waals surface area contributed by atoms with Crippen molar-refractivity contribution in [2.45, 2.75) is 32.6 Å². The molecule has 0 aliphatic heterocycles. The Hall–Kier alpha value is -1.16. The number of rotatable bonds is 5. The lowest BCUT2D eigenvalue weighted by Gasteiger charge is -2.13. The van der Waals surface area contributed by atoms with Crippen LogP contribution in [0.25, 0.3) is 0 Å². The van der Waals surface area contributed by atoms with E-state index in [-0.39, 0.29) is 0 Å². The molecule has 16 heavy (non-hydrogen) atoms. The van der Waals surface area contributed by atoms with E-state index in [1.54, 1.807) is 6.33 Å². The van der Waals surface area contributed by atoms with Gasteiger partial charge in [-0.25, -0.2) is 9.97 Å². The van der Waals surface area contributed by atoms with Gasteiger partial charge in [-0.2, -0.15) is 0 Å². The second-order valence-corrected chi connectivity index (χ2v) is 4.56. The first-order valence-electron chi connectivity index (χ1n) is 6.08. The molecular formula is C12H20N4. The number of hydrogen-bond acceptors (Lipinski definition) is 4. The summed E-state index contributed by atoms with van der Waals surface area (Å²) in [7, 11) is 0. The summed E-state index contributed by atoms with van der Waals surface area (Å²) >= 11 is 0. The second-order valence-electron chi connectivity index (χ2n) is 4.56. The SMILES string of the molecule is CC(CCN)CNc1ncnc2c1CCC2. The van der Waals surface area contributed by atoms with Crippen LogP contribution in [0.3, 0.4) is 0 Å². The van der Waals surface area contributed by atoms with E-state index in [0.29, 0.717) is 5.92 Å². The van der Waals surface area contributed by atoms with Crippen LogP contribution in [0.4, 0.5) is 5.82 Å². The summed E-state index contributed by atoms with van der Waals surface area (Å²) < 4.78 is 0. The van der Waals surface area contributed by atoms with Gasteiger partial charge in [0.1, 0.15) is 12.1 Å². The number of anilines is 1. The lowest BCUT2D eigenvalue weighted by molar-refractivity contribution is 0.567. The van der Waals surface area contributed by atoms with Gasteiger partial charge in [0.2, 0.25) is 0 Å². The molecule has 1 atom stereocenters. The summed E-state index contributed by atoms with van der Waals surface area (Å²) in [6.45, 7) is 3.91. The minimum absolute atomic E-state index is 0.594. The number of aromatic nitrogens is 2. The van der Waals surface area contributed by atoms with E-state index in [0.717, 1.165) is 38.2 Å². The van der Waals surface area contributed by atoms with Crippen LogP contribution in [0.1, 0.15) is 31.0 Å². The van der Waals surface area contributed by atoms with Gasteiger partial charge >= 0.3 is 0 Å². The molecule has 1 unspecified atom stereocenters. The van der Waals surface area contributed by atoms with Crippen LogP contribution in [0.2, 0.25) is 0 Å². The fraction of sp³-hybridized carbons (Fsp3) is 0.667. The van der Waals surface area contributed by atoms with Gasteiger partial charge in [-0.1, -0.05) is 6.92 Å². The summed E-state index contributed by atoms with van der Waals surface area (Å²) in [5, 5.41) is 3.42. The molecule has 1 heterocycles. The molecule has 0 aromatic carbocycles. The summed E-state index contributed by atoms with van der Waals surface area (Å²) in [5.41, 5.74) is 8.08. The van der Waals surface area contributed by atoms with E-state index >= 15 is 0 Å². The van der Waals surface area contributed by atoms with Crippen LogP contribution in [0, 0.1) is 5.92 Å². The average molecular weight is 220 g/mol. The van der Waals surface area contributed by atoms with Crippen LogP contribution in [0.15, 0.2) is 6.33 Å². The van der Waals surface area contributed by atoms with Crippen molar-refractivity contribution in [3.05, 3.63) is 17.6 Å². The largest absolute Gasteiger partial charge is 0.369 e. The molecule has 1 aliphatic rings. The summed E-state index contributed by atoms with van der Waals surface area (Å²) in [6, 6.07) is 0. The lowest BCUT2D eigenvalue weighted by atomic mass is 10.1. The van der Waals surface area contributed by atoms with Gasteiger partial charge in [0.05, 0.1) is 0 Å². The summed E-state index contributed by atoms with van der Waals surface area (Å²) in [5.74, 6) is 1.63. The number of nitrogens with two attached hydrogens (primary N) is 1. The van der Waals surface area contributed by atoms with E-state index < -0.39 is 0 Å². The number of fused-ring (bicyclic) bond motifs is 1. The first-order chi connectivity index (χ1) is 7.81. The number of hydrogen-bond donors (Lipinski definition) is 2. The first-order valence-corrected chi connectivity index (χ1v) is 6.08. The molecule has 0 spiro atoms. The first kappa shape index (κ1) is 11.3. The van der Waals surface area contributed by atoms with Crippen LogP contribution in [-0.2, 0) is 12.8 Å². The van der Waals surface area contributed by atoms with Crippen molar-refractivity contribution in [3.8, 4) is 0 Å². The second kappa shape index (κ2) is 5.25. The Labute approximate surface area is 96.7 Å². The van der Waals surface area contributed by atoms with Crippen molar-refractivity contribution in [2.75, 3.05) is 18.4 Å². The number of aryl methyl sites for hydroxylation is 1. The molecule has 0 fully saturated rings. The Morgan fingerprint density at radius 1 is 1.44 bits per heavy atom. The fourth-order valence-corrected chi connectivity index (χ4v) is 2.17. The molecule has 1 aliphatic carbocycles. The lowest BCUT2D eigenvalue weighted by Crippen LogP contribution is -2.16. The zero-order valence-electron chi connectivity index (χ0n) is 9.87. The molecule has 0 amide bonds. The van der Waals surface area contributed by atoms with Crippen molar-refractivity contribution < 1.29 is 0 Å². The van der Waals surface area contributed by atoms with E-state index in [1.807, 2.05) is 0 Å². The van der Waals surface area contributed by atoms with Crippen LogP contribution in [0.5, 0.6) is 0 Å². The minimum Gasteiger partial charge on any atom is -0.369 e. The molecule has 2 rings (SSSR count).